The number of benzene rings is 1. The molecular formula is C12H13ClFN3. The standard InChI is InChI=1S/C12H13ClFN3/c13-8-5-11-10(6-9(8)14)16-12(15)17(11)4-3-7-1-2-7/h5-7H,1-4H2,(H2,15,16). The fourth-order valence-electron chi connectivity index (χ4n) is 2.09. The zero-order valence-corrected chi connectivity index (χ0v) is 10.0. The van der Waals surface area contributed by atoms with E-state index in [0.29, 0.717) is 11.5 Å². The SMILES string of the molecule is Nc1nc2cc(F)c(Cl)cc2n1CCC1CC1. The van der Waals surface area contributed by atoms with Gasteiger partial charge in [0.15, 0.2) is 0 Å². The number of halogens is 2. The van der Waals surface area contributed by atoms with Crippen LogP contribution in [0.25, 0.3) is 11.0 Å². The Morgan fingerprint density at radius 2 is 2.24 bits per heavy atom. The molecule has 5 heteroatoms. The van der Waals surface area contributed by atoms with Crippen molar-refractivity contribution in [2.24, 2.45) is 5.92 Å². The van der Waals surface area contributed by atoms with Gasteiger partial charge in [0, 0.05) is 12.6 Å². The molecule has 0 unspecified atom stereocenters. The van der Waals surface area contributed by atoms with Crippen LogP contribution in [-0.4, -0.2) is 9.55 Å². The summed E-state index contributed by atoms with van der Waals surface area (Å²) in [4.78, 5) is 4.16. The molecule has 3 rings (SSSR count). The number of hydrogen-bond donors (Lipinski definition) is 1. The Hall–Kier alpha value is -1.29. The Morgan fingerprint density at radius 1 is 1.47 bits per heavy atom. The molecular weight excluding hydrogens is 241 g/mol. The third kappa shape index (κ3) is 1.97. The quantitative estimate of drug-likeness (QED) is 0.913. The predicted molar refractivity (Wildman–Crippen MR) is 66.5 cm³/mol. The summed E-state index contributed by atoms with van der Waals surface area (Å²) in [7, 11) is 0. The lowest BCUT2D eigenvalue weighted by molar-refractivity contribution is 0.612. The van der Waals surface area contributed by atoms with E-state index in [1.165, 1.54) is 18.9 Å². The van der Waals surface area contributed by atoms with Crippen molar-refractivity contribution >= 4 is 28.6 Å². The lowest BCUT2D eigenvalue weighted by Crippen LogP contribution is -2.04. The van der Waals surface area contributed by atoms with Crippen LogP contribution in [-0.2, 0) is 6.54 Å². The van der Waals surface area contributed by atoms with E-state index < -0.39 is 5.82 Å². The van der Waals surface area contributed by atoms with Crippen molar-refractivity contribution in [1.82, 2.24) is 9.55 Å². The Balaban J connectivity index is 2.02. The zero-order chi connectivity index (χ0) is 12.0. The highest BCUT2D eigenvalue weighted by atomic mass is 35.5. The number of fused-ring (bicyclic) bond motifs is 1. The molecule has 1 fully saturated rings. The molecule has 1 heterocycles. The van der Waals surface area contributed by atoms with Gasteiger partial charge in [-0.15, -0.1) is 0 Å². The summed E-state index contributed by atoms with van der Waals surface area (Å²) in [5, 5.41) is 0.116. The summed E-state index contributed by atoms with van der Waals surface area (Å²) < 4.78 is 15.2. The van der Waals surface area contributed by atoms with E-state index in [-0.39, 0.29) is 5.02 Å². The Bertz CT molecular complexity index is 575. The number of imidazole rings is 1. The van der Waals surface area contributed by atoms with E-state index >= 15 is 0 Å². The average Bonchev–Trinajstić information content (AvgIpc) is 3.04. The highest BCUT2D eigenvalue weighted by Gasteiger charge is 2.21. The summed E-state index contributed by atoms with van der Waals surface area (Å²) in [6, 6.07) is 2.93. The highest BCUT2D eigenvalue weighted by Crippen LogP contribution is 2.34. The van der Waals surface area contributed by atoms with Crippen LogP contribution in [0.4, 0.5) is 10.3 Å². The lowest BCUT2D eigenvalue weighted by atomic mass is 10.2. The molecule has 1 aliphatic carbocycles. The van der Waals surface area contributed by atoms with Gasteiger partial charge < -0.3 is 10.3 Å². The largest absolute Gasteiger partial charge is 0.369 e. The maximum absolute atomic E-state index is 13.3. The van der Waals surface area contributed by atoms with Gasteiger partial charge in [0.05, 0.1) is 16.1 Å². The molecule has 0 atom stereocenters. The van der Waals surface area contributed by atoms with Crippen LogP contribution in [0.1, 0.15) is 19.3 Å². The van der Waals surface area contributed by atoms with E-state index in [9.17, 15) is 4.39 Å². The molecule has 1 saturated carbocycles. The lowest BCUT2D eigenvalue weighted by Gasteiger charge is -2.05. The van der Waals surface area contributed by atoms with Gasteiger partial charge in [-0.1, -0.05) is 24.4 Å². The molecule has 0 amide bonds. The molecule has 0 radical (unpaired) electrons. The van der Waals surface area contributed by atoms with Gasteiger partial charge in [0.25, 0.3) is 0 Å². The van der Waals surface area contributed by atoms with Gasteiger partial charge in [0.2, 0.25) is 5.95 Å². The number of anilines is 1. The van der Waals surface area contributed by atoms with Gasteiger partial charge in [-0.05, 0) is 18.4 Å². The van der Waals surface area contributed by atoms with Crippen LogP contribution in [0, 0.1) is 11.7 Å². The highest BCUT2D eigenvalue weighted by molar-refractivity contribution is 6.31. The van der Waals surface area contributed by atoms with Gasteiger partial charge in [-0.25, -0.2) is 9.37 Å². The molecule has 0 spiro atoms. The van der Waals surface area contributed by atoms with Gasteiger partial charge in [0.1, 0.15) is 5.82 Å². The van der Waals surface area contributed by atoms with Crippen molar-refractivity contribution in [3.8, 4) is 0 Å². The number of nitrogen functional groups attached to an aromatic ring is 1. The summed E-state index contributed by atoms with van der Waals surface area (Å²) in [5.41, 5.74) is 7.23. The Kier molecular flexibility index (Phi) is 2.47. The van der Waals surface area contributed by atoms with Crippen LogP contribution in [0.2, 0.25) is 5.02 Å². The minimum atomic E-state index is -0.453. The van der Waals surface area contributed by atoms with E-state index in [1.54, 1.807) is 6.07 Å². The Labute approximate surface area is 103 Å². The van der Waals surface area contributed by atoms with Gasteiger partial charge in [-0.2, -0.15) is 0 Å². The molecule has 0 bridgehead atoms. The minimum Gasteiger partial charge on any atom is -0.369 e. The monoisotopic (exact) mass is 253 g/mol. The molecule has 3 nitrogen and oxygen atoms in total. The molecule has 1 aromatic heterocycles. The van der Waals surface area contributed by atoms with E-state index in [0.717, 1.165) is 24.4 Å². The number of aryl methyl sites for hydroxylation is 1. The first-order chi connectivity index (χ1) is 8.15. The van der Waals surface area contributed by atoms with Gasteiger partial charge >= 0.3 is 0 Å². The maximum atomic E-state index is 13.3. The zero-order valence-electron chi connectivity index (χ0n) is 9.29. The average molecular weight is 254 g/mol. The molecule has 90 valence electrons. The van der Waals surface area contributed by atoms with Crippen molar-refractivity contribution in [3.63, 3.8) is 0 Å². The first-order valence-electron chi connectivity index (χ1n) is 5.76. The number of hydrogen-bond acceptors (Lipinski definition) is 2. The first kappa shape index (κ1) is 10.8. The van der Waals surface area contributed by atoms with Crippen molar-refractivity contribution in [2.45, 2.75) is 25.8 Å². The topological polar surface area (TPSA) is 43.8 Å². The van der Waals surface area contributed by atoms with Crippen molar-refractivity contribution < 1.29 is 4.39 Å². The number of nitrogens with two attached hydrogens (primary N) is 1. The van der Waals surface area contributed by atoms with Crippen LogP contribution in [0.5, 0.6) is 0 Å². The molecule has 0 aliphatic heterocycles. The van der Waals surface area contributed by atoms with Crippen molar-refractivity contribution in [2.75, 3.05) is 5.73 Å². The van der Waals surface area contributed by atoms with E-state index in [4.69, 9.17) is 17.3 Å². The normalized spacial score (nSPS) is 15.6. The molecule has 1 aliphatic rings. The third-order valence-corrected chi connectivity index (χ3v) is 3.57. The second-order valence-electron chi connectivity index (χ2n) is 4.61. The molecule has 1 aromatic carbocycles. The molecule has 17 heavy (non-hydrogen) atoms. The van der Waals surface area contributed by atoms with E-state index in [2.05, 4.69) is 4.98 Å². The fourth-order valence-corrected chi connectivity index (χ4v) is 2.25. The van der Waals surface area contributed by atoms with Crippen LogP contribution >= 0.6 is 11.6 Å². The smallest absolute Gasteiger partial charge is 0.201 e. The second kappa shape index (κ2) is 3.88. The molecule has 0 saturated heterocycles. The summed E-state index contributed by atoms with van der Waals surface area (Å²) in [6.07, 6.45) is 3.72. The number of aromatic nitrogens is 2. The first-order valence-corrected chi connectivity index (χ1v) is 6.13. The predicted octanol–water partition coefficient (Wildman–Crippen LogP) is 3.21. The third-order valence-electron chi connectivity index (χ3n) is 3.28. The summed E-state index contributed by atoms with van der Waals surface area (Å²) >= 11 is 5.79. The van der Waals surface area contributed by atoms with Crippen LogP contribution in [0.15, 0.2) is 12.1 Å². The van der Waals surface area contributed by atoms with E-state index in [1.807, 2.05) is 4.57 Å². The minimum absolute atomic E-state index is 0.116. The summed E-state index contributed by atoms with van der Waals surface area (Å²) in [6.45, 7) is 0.828. The summed E-state index contributed by atoms with van der Waals surface area (Å²) in [5.74, 6) is 0.802. The maximum Gasteiger partial charge on any atom is 0.201 e. The number of rotatable bonds is 3. The van der Waals surface area contributed by atoms with Crippen LogP contribution < -0.4 is 5.73 Å². The molecule has 2 aromatic rings. The number of nitrogens with zero attached hydrogens (tertiary/aromatic N) is 2. The second-order valence-corrected chi connectivity index (χ2v) is 5.02. The van der Waals surface area contributed by atoms with Crippen molar-refractivity contribution in [1.29, 1.82) is 0 Å². The van der Waals surface area contributed by atoms with Gasteiger partial charge in [-0.3, -0.25) is 0 Å². The molecule has 2 N–H and O–H groups in total. The Morgan fingerprint density at radius 3 is 2.94 bits per heavy atom. The van der Waals surface area contributed by atoms with Crippen molar-refractivity contribution in [3.05, 3.63) is 23.0 Å². The van der Waals surface area contributed by atoms with Crippen LogP contribution in [0.3, 0.4) is 0 Å². The fraction of sp³-hybridized carbons (Fsp3) is 0.417.